The first kappa shape index (κ1) is 10.9. The van der Waals surface area contributed by atoms with E-state index < -0.39 is 0 Å². The quantitative estimate of drug-likeness (QED) is 0.746. The predicted molar refractivity (Wildman–Crippen MR) is 71.5 cm³/mol. The van der Waals surface area contributed by atoms with Crippen LogP contribution in [0, 0.1) is 0 Å². The summed E-state index contributed by atoms with van der Waals surface area (Å²) in [6, 6.07) is 11.8. The smallest absolute Gasteiger partial charge is 0.143 e. The average molecular weight is 238 g/mol. The van der Waals surface area contributed by atoms with Gasteiger partial charge in [-0.1, -0.05) is 18.2 Å². The molecule has 0 bridgehead atoms. The van der Waals surface area contributed by atoms with Gasteiger partial charge in [-0.3, -0.25) is 4.57 Å². The molecule has 0 aliphatic rings. The number of rotatable bonds is 2. The second-order valence-electron chi connectivity index (χ2n) is 4.31. The van der Waals surface area contributed by atoms with Gasteiger partial charge < -0.3 is 5.73 Å². The summed E-state index contributed by atoms with van der Waals surface area (Å²) in [7, 11) is 0. The highest BCUT2D eigenvalue weighted by atomic mass is 15.1. The highest BCUT2D eigenvalue weighted by molar-refractivity contribution is 5.77. The van der Waals surface area contributed by atoms with Crippen molar-refractivity contribution in [1.82, 2.24) is 14.5 Å². The Bertz CT molecular complexity index is 685. The molecule has 2 N–H and O–H groups in total. The van der Waals surface area contributed by atoms with Crippen LogP contribution >= 0.6 is 0 Å². The van der Waals surface area contributed by atoms with E-state index in [9.17, 15) is 0 Å². The second-order valence-corrected chi connectivity index (χ2v) is 4.31. The van der Waals surface area contributed by atoms with Crippen molar-refractivity contribution < 1.29 is 0 Å². The lowest BCUT2D eigenvalue weighted by molar-refractivity contribution is 0.794. The van der Waals surface area contributed by atoms with Crippen molar-refractivity contribution in [2.45, 2.75) is 13.0 Å². The zero-order valence-corrected chi connectivity index (χ0v) is 10.1. The summed E-state index contributed by atoms with van der Waals surface area (Å²) in [5.41, 5.74) is 9.00. The molecule has 1 atom stereocenters. The van der Waals surface area contributed by atoms with Crippen LogP contribution in [-0.2, 0) is 0 Å². The standard InChI is InChI=1S/C14H14N4/c1-10(15)11-5-4-8-16-14(11)18-9-17-12-6-2-3-7-13(12)18/h2-10H,15H2,1H3/t10-/m1/s1. The minimum absolute atomic E-state index is 0.0603. The van der Waals surface area contributed by atoms with Crippen LogP contribution in [0.25, 0.3) is 16.9 Å². The Morgan fingerprint density at radius 3 is 2.78 bits per heavy atom. The molecule has 0 radical (unpaired) electrons. The van der Waals surface area contributed by atoms with Crippen molar-refractivity contribution >= 4 is 11.0 Å². The molecule has 0 aliphatic heterocycles. The van der Waals surface area contributed by atoms with Crippen LogP contribution in [0.1, 0.15) is 18.5 Å². The SMILES string of the molecule is C[C@@H](N)c1cccnc1-n1cnc2ccccc21. The molecule has 4 heteroatoms. The summed E-state index contributed by atoms with van der Waals surface area (Å²) in [6.45, 7) is 1.96. The number of nitrogens with two attached hydrogens (primary N) is 1. The Morgan fingerprint density at radius 1 is 1.11 bits per heavy atom. The Labute approximate surface area is 105 Å². The Morgan fingerprint density at radius 2 is 1.94 bits per heavy atom. The number of aromatic nitrogens is 3. The zero-order valence-electron chi connectivity index (χ0n) is 10.1. The number of benzene rings is 1. The normalized spacial score (nSPS) is 12.8. The summed E-state index contributed by atoms with van der Waals surface area (Å²) < 4.78 is 1.98. The van der Waals surface area contributed by atoms with Crippen LogP contribution in [0.3, 0.4) is 0 Å². The number of pyridine rings is 1. The molecular formula is C14H14N4. The van der Waals surface area contributed by atoms with Gasteiger partial charge in [-0.15, -0.1) is 0 Å². The predicted octanol–water partition coefficient (Wildman–Crippen LogP) is 2.44. The fourth-order valence-corrected chi connectivity index (χ4v) is 2.09. The van der Waals surface area contributed by atoms with E-state index in [4.69, 9.17) is 5.73 Å². The summed E-state index contributed by atoms with van der Waals surface area (Å²) in [5.74, 6) is 0.848. The van der Waals surface area contributed by atoms with Crippen molar-refractivity contribution in [3.63, 3.8) is 0 Å². The van der Waals surface area contributed by atoms with Crippen LogP contribution in [0.15, 0.2) is 48.9 Å². The third kappa shape index (κ3) is 1.67. The van der Waals surface area contributed by atoms with Gasteiger partial charge >= 0.3 is 0 Å². The van der Waals surface area contributed by atoms with Crippen LogP contribution in [0.4, 0.5) is 0 Å². The summed E-state index contributed by atoms with van der Waals surface area (Å²) in [5, 5.41) is 0. The lowest BCUT2D eigenvalue weighted by atomic mass is 10.1. The molecule has 1 aromatic carbocycles. The van der Waals surface area contributed by atoms with Gasteiger partial charge in [0.25, 0.3) is 0 Å². The van der Waals surface area contributed by atoms with Crippen molar-refractivity contribution in [1.29, 1.82) is 0 Å². The molecule has 4 nitrogen and oxygen atoms in total. The minimum atomic E-state index is -0.0603. The fraction of sp³-hybridized carbons (Fsp3) is 0.143. The molecule has 0 spiro atoms. The molecule has 2 aromatic heterocycles. The molecule has 0 saturated carbocycles. The number of fused-ring (bicyclic) bond motifs is 1. The summed E-state index contributed by atoms with van der Waals surface area (Å²) in [4.78, 5) is 8.81. The van der Waals surface area contributed by atoms with Gasteiger partial charge in [0.1, 0.15) is 12.1 Å². The summed E-state index contributed by atoms with van der Waals surface area (Å²) in [6.07, 6.45) is 3.56. The Balaban J connectivity index is 2.27. The van der Waals surface area contributed by atoms with Crippen molar-refractivity contribution in [3.05, 3.63) is 54.5 Å². The van der Waals surface area contributed by atoms with E-state index in [-0.39, 0.29) is 6.04 Å². The Kier molecular flexibility index (Phi) is 2.57. The van der Waals surface area contributed by atoms with Crippen molar-refractivity contribution in [2.75, 3.05) is 0 Å². The van der Waals surface area contributed by atoms with Gasteiger partial charge in [-0.2, -0.15) is 0 Å². The fourth-order valence-electron chi connectivity index (χ4n) is 2.09. The van der Waals surface area contributed by atoms with Gasteiger partial charge in [-0.05, 0) is 25.1 Å². The van der Waals surface area contributed by atoms with Crippen LogP contribution < -0.4 is 5.73 Å². The van der Waals surface area contributed by atoms with E-state index in [1.54, 1.807) is 12.5 Å². The van der Waals surface area contributed by atoms with E-state index in [2.05, 4.69) is 9.97 Å². The van der Waals surface area contributed by atoms with Crippen LogP contribution in [0.5, 0.6) is 0 Å². The molecule has 90 valence electrons. The average Bonchev–Trinajstić information content (AvgIpc) is 2.82. The molecule has 0 unspecified atom stereocenters. The monoisotopic (exact) mass is 238 g/mol. The lowest BCUT2D eigenvalue weighted by Gasteiger charge is -2.12. The molecule has 18 heavy (non-hydrogen) atoms. The molecular weight excluding hydrogens is 224 g/mol. The number of nitrogens with zero attached hydrogens (tertiary/aromatic N) is 3. The van der Waals surface area contributed by atoms with E-state index in [1.165, 1.54) is 0 Å². The van der Waals surface area contributed by atoms with E-state index in [1.807, 2.05) is 47.9 Å². The second kappa shape index (κ2) is 4.23. The maximum absolute atomic E-state index is 5.99. The number of para-hydroxylation sites is 2. The van der Waals surface area contributed by atoms with Crippen molar-refractivity contribution in [3.8, 4) is 5.82 Å². The number of hydrogen-bond acceptors (Lipinski definition) is 3. The minimum Gasteiger partial charge on any atom is -0.324 e. The maximum atomic E-state index is 5.99. The van der Waals surface area contributed by atoms with Crippen LogP contribution in [-0.4, -0.2) is 14.5 Å². The maximum Gasteiger partial charge on any atom is 0.143 e. The van der Waals surface area contributed by atoms with Crippen molar-refractivity contribution in [2.24, 2.45) is 5.73 Å². The molecule has 2 heterocycles. The molecule has 3 aromatic rings. The molecule has 3 rings (SSSR count). The molecule has 0 aliphatic carbocycles. The molecule has 0 saturated heterocycles. The van der Waals surface area contributed by atoms with Gasteiger partial charge in [0, 0.05) is 17.8 Å². The third-order valence-corrected chi connectivity index (χ3v) is 2.99. The highest BCUT2D eigenvalue weighted by Crippen LogP contribution is 2.22. The van der Waals surface area contributed by atoms with Gasteiger partial charge in [-0.25, -0.2) is 9.97 Å². The first-order valence-corrected chi connectivity index (χ1v) is 5.90. The van der Waals surface area contributed by atoms with Gasteiger partial charge in [0.05, 0.1) is 11.0 Å². The van der Waals surface area contributed by atoms with Crippen LogP contribution in [0.2, 0.25) is 0 Å². The third-order valence-electron chi connectivity index (χ3n) is 2.99. The molecule has 0 amide bonds. The Hall–Kier alpha value is -2.20. The number of imidazole rings is 1. The highest BCUT2D eigenvalue weighted by Gasteiger charge is 2.11. The lowest BCUT2D eigenvalue weighted by Crippen LogP contribution is -2.10. The first-order valence-electron chi connectivity index (χ1n) is 5.90. The van der Waals surface area contributed by atoms with E-state index in [0.717, 1.165) is 22.4 Å². The largest absolute Gasteiger partial charge is 0.324 e. The summed E-state index contributed by atoms with van der Waals surface area (Å²) >= 11 is 0. The number of hydrogen-bond donors (Lipinski definition) is 1. The molecule has 0 fully saturated rings. The first-order chi connectivity index (χ1) is 8.77. The van der Waals surface area contributed by atoms with Gasteiger partial charge in [0.15, 0.2) is 0 Å². The van der Waals surface area contributed by atoms with E-state index in [0.29, 0.717) is 0 Å². The topological polar surface area (TPSA) is 56.7 Å². The van der Waals surface area contributed by atoms with E-state index >= 15 is 0 Å². The van der Waals surface area contributed by atoms with Gasteiger partial charge in [0.2, 0.25) is 0 Å². The zero-order chi connectivity index (χ0) is 12.5.